The van der Waals surface area contributed by atoms with E-state index in [1.54, 1.807) is 0 Å². The van der Waals surface area contributed by atoms with Crippen LogP contribution in [0.1, 0.15) is 49.9 Å². The van der Waals surface area contributed by atoms with Gasteiger partial charge in [-0.05, 0) is 104 Å². The van der Waals surface area contributed by atoms with Crippen molar-refractivity contribution in [2.75, 3.05) is 4.90 Å². The van der Waals surface area contributed by atoms with Gasteiger partial charge in [0.1, 0.15) is 0 Å². The molecule has 1 aromatic heterocycles. The van der Waals surface area contributed by atoms with Crippen LogP contribution in [0.2, 0.25) is 0 Å². The van der Waals surface area contributed by atoms with Crippen LogP contribution in [0.3, 0.4) is 0 Å². The number of anilines is 3. The van der Waals surface area contributed by atoms with Crippen LogP contribution in [0.15, 0.2) is 176 Å². The minimum absolute atomic E-state index is 0.0437. The summed E-state index contributed by atoms with van der Waals surface area (Å²) in [4.78, 5) is 2.51. The van der Waals surface area contributed by atoms with Crippen LogP contribution in [0.5, 0.6) is 0 Å². The van der Waals surface area contributed by atoms with E-state index in [2.05, 4.69) is 209 Å². The fourth-order valence-corrected chi connectivity index (χ4v) is 11.1. The number of rotatable bonds is 5. The second kappa shape index (κ2) is 12.1. The van der Waals surface area contributed by atoms with Crippen LogP contribution in [-0.2, 0) is 10.8 Å². The third kappa shape index (κ3) is 4.72. The molecule has 0 radical (unpaired) electrons. The lowest BCUT2D eigenvalue weighted by Crippen LogP contribution is -2.17. The van der Waals surface area contributed by atoms with Gasteiger partial charge in [-0.2, -0.15) is 0 Å². The van der Waals surface area contributed by atoms with Crippen molar-refractivity contribution in [1.29, 1.82) is 0 Å². The summed E-state index contributed by atoms with van der Waals surface area (Å²) in [6.45, 7) is 9.49. The molecular formula is C54H41NS. The van der Waals surface area contributed by atoms with Crippen molar-refractivity contribution in [3.05, 3.63) is 198 Å². The van der Waals surface area contributed by atoms with E-state index in [0.29, 0.717) is 0 Å². The highest BCUT2D eigenvalue weighted by Gasteiger charge is 2.38. The highest BCUT2D eigenvalue weighted by Crippen LogP contribution is 2.55. The van der Waals surface area contributed by atoms with Crippen LogP contribution in [0.4, 0.5) is 17.1 Å². The molecule has 56 heavy (non-hydrogen) atoms. The molecular weight excluding hydrogens is 695 g/mol. The lowest BCUT2D eigenvalue weighted by atomic mass is 9.78. The molecule has 0 amide bonds. The third-order valence-electron chi connectivity index (χ3n) is 12.7. The summed E-state index contributed by atoms with van der Waals surface area (Å²) in [6.07, 6.45) is 0. The first-order valence-electron chi connectivity index (χ1n) is 19.7. The van der Waals surface area contributed by atoms with Crippen molar-refractivity contribution >= 4 is 48.6 Å². The summed E-state index contributed by atoms with van der Waals surface area (Å²) >= 11 is 1.87. The minimum atomic E-state index is -0.141. The fraction of sp³-hybridized carbons (Fsp3) is 0.111. The Balaban J connectivity index is 1.10. The Hall–Kier alpha value is -6.22. The molecule has 2 heteroatoms. The lowest BCUT2D eigenvalue weighted by molar-refractivity contribution is 0.660. The van der Waals surface area contributed by atoms with Gasteiger partial charge in [-0.25, -0.2) is 0 Å². The molecule has 0 saturated heterocycles. The zero-order valence-electron chi connectivity index (χ0n) is 32.1. The molecule has 9 aromatic rings. The standard InChI is InChI=1S/C54H41NS/c1-53(2)44-21-9-5-15-37(44)39-32-29-35(33-46(39)53)34-27-30-36(31-28-34)55(48-24-14-26-50-51(48)43-18-8-12-25-49(43)56-50)47-23-11-7-17-40(47)42-20-13-19-41-38-16-6-10-22-45(38)54(3,4)52(41)42/h5-33H,1-4H3. The Morgan fingerprint density at radius 3 is 1.71 bits per heavy atom. The van der Waals surface area contributed by atoms with E-state index in [0.717, 1.165) is 5.69 Å². The van der Waals surface area contributed by atoms with Gasteiger partial charge in [0.05, 0.1) is 11.4 Å². The maximum atomic E-state index is 2.51. The third-order valence-corrected chi connectivity index (χ3v) is 13.8. The molecule has 0 bridgehead atoms. The second-order valence-corrected chi connectivity index (χ2v) is 17.6. The molecule has 0 unspecified atom stereocenters. The molecule has 1 heterocycles. The Labute approximate surface area is 333 Å². The summed E-state index contributed by atoms with van der Waals surface area (Å²) in [5, 5.41) is 2.58. The topological polar surface area (TPSA) is 3.24 Å². The molecule has 8 aromatic carbocycles. The maximum Gasteiger partial charge on any atom is 0.0555 e. The summed E-state index contributed by atoms with van der Waals surface area (Å²) in [5.74, 6) is 0. The average Bonchev–Trinajstić information content (AvgIpc) is 3.82. The Morgan fingerprint density at radius 2 is 0.929 bits per heavy atom. The Kier molecular flexibility index (Phi) is 7.18. The SMILES string of the molecule is CC1(C)c2ccccc2-c2ccc(-c3ccc(N(c4ccccc4-c4cccc5c4C(C)(C)c4ccccc4-5)c4cccc5sc6ccccc6c45)cc3)cc21. The first kappa shape index (κ1) is 33.1. The van der Waals surface area contributed by atoms with E-state index in [-0.39, 0.29) is 10.8 Å². The molecule has 1 nitrogen and oxygen atoms in total. The van der Waals surface area contributed by atoms with E-state index in [1.165, 1.54) is 98.3 Å². The number of hydrogen-bond donors (Lipinski definition) is 0. The van der Waals surface area contributed by atoms with E-state index in [9.17, 15) is 0 Å². The lowest BCUT2D eigenvalue weighted by Gasteiger charge is -2.31. The van der Waals surface area contributed by atoms with E-state index < -0.39 is 0 Å². The summed E-state index contributed by atoms with van der Waals surface area (Å²) in [6, 6.07) is 65.7. The van der Waals surface area contributed by atoms with Gasteiger partial charge >= 0.3 is 0 Å². The number of thiophene rings is 1. The fourth-order valence-electron chi connectivity index (χ4n) is 10.0. The summed E-state index contributed by atoms with van der Waals surface area (Å²) < 4.78 is 2.60. The van der Waals surface area contributed by atoms with Crippen molar-refractivity contribution in [3.8, 4) is 44.5 Å². The molecule has 0 fully saturated rings. The van der Waals surface area contributed by atoms with Crippen molar-refractivity contribution in [1.82, 2.24) is 0 Å². The normalized spacial score (nSPS) is 14.4. The number of hydrogen-bond acceptors (Lipinski definition) is 2. The smallest absolute Gasteiger partial charge is 0.0555 e. The summed E-state index contributed by atoms with van der Waals surface area (Å²) in [5.41, 5.74) is 19.2. The predicted molar refractivity (Wildman–Crippen MR) is 240 cm³/mol. The molecule has 0 atom stereocenters. The van der Waals surface area contributed by atoms with Gasteiger partial charge in [0, 0.05) is 42.3 Å². The largest absolute Gasteiger partial charge is 0.309 e. The minimum Gasteiger partial charge on any atom is -0.309 e. The highest BCUT2D eigenvalue weighted by molar-refractivity contribution is 7.26. The van der Waals surface area contributed by atoms with Crippen molar-refractivity contribution < 1.29 is 0 Å². The monoisotopic (exact) mass is 735 g/mol. The highest BCUT2D eigenvalue weighted by atomic mass is 32.1. The average molecular weight is 736 g/mol. The quantitative estimate of drug-likeness (QED) is 0.170. The van der Waals surface area contributed by atoms with Crippen LogP contribution >= 0.6 is 11.3 Å². The van der Waals surface area contributed by atoms with Crippen molar-refractivity contribution in [2.45, 2.75) is 38.5 Å². The number of para-hydroxylation sites is 1. The molecule has 2 aliphatic carbocycles. The first-order valence-corrected chi connectivity index (χ1v) is 20.5. The van der Waals surface area contributed by atoms with Crippen LogP contribution in [0, 0.1) is 0 Å². The van der Waals surface area contributed by atoms with Crippen LogP contribution in [0.25, 0.3) is 64.7 Å². The molecule has 268 valence electrons. The molecule has 0 spiro atoms. The van der Waals surface area contributed by atoms with Gasteiger partial charge in [-0.15, -0.1) is 11.3 Å². The molecule has 0 N–H and O–H groups in total. The predicted octanol–water partition coefficient (Wildman–Crippen LogP) is 15.5. The number of nitrogens with zero attached hydrogens (tertiary/aromatic N) is 1. The van der Waals surface area contributed by atoms with Crippen LogP contribution < -0.4 is 4.90 Å². The second-order valence-electron chi connectivity index (χ2n) is 16.5. The number of fused-ring (bicyclic) bond motifs is 9. The van der Waals surface area contributed by atoms with Crippen LogP contribution in [-0.4, -0.2) is 0 Å². The van der Waals surface area contributed by atoms with Gasteiger partial charge < -0.3 is 4.90 Å². The van der Waals surface area contributed by atoms with Crippen molar-refractivity contribution in [2.24, 2.45) is 0 Å². The van der Waals surface area contributed by atoms with E-state index >= 15 is 0 Å². The van der Waals surface area contributed by atoms with E-state index in [4.69, 9.17) is 0 Å². The summed E-state index contributed by atoms with van der Waals surface area (Å²) in [7, 11) is 0. The molecule has 0 aliphatic heterocycles. The zero-order valence-corrected chi connectivity index (χ0v) is 32.9. The Morgan fingerprint density at radius 1 is 0.393 bits per heavy atom. The number of benzene rings is 8. The molecule has 11 rings (SSSR count). The Bertz CT molecular complexity index is 3030. The molecule has 0 saturated carbocycles. The van der Waals surface area contributed by atoms with Crippen molar-refractivity contribution in [3.63, 3.8) is 0 Å². The van der Waals surface area contributed by atoms with Gasteiger partial charge in [0.25, 0.3) is 0 Å². The zero-order chi connectivity index (χ0) is 37.8. The van der Waals surface area contributed by atoms with Gasteiger partial charge in [-0.3, -0.25) is 0 Å². The van der Waals surface area contributed by atoms with Gasteiger partial charge in [-0.1, -0.05) is 161 Å². The van der Waals surface area contributed by atoms with E-state index in [1.807, 2.05) is 11.3 Å². The van der Waals surface area contributed by atoms with Gasteiger partial charge in [0.2, 0.25) is 0 Å². The molecule has 2 aliphatic rings. The first-order chi connectivity index (χ1) is 27.3. The maximum absolute atomic E-state index is 2.51. The van der Waals surface area contributed by atoms with Gasteiger partial charge in [0.15, 0.2) is 0 Å².